The number of nitrogens with one attached hydrogen (secondary N) is 2. The van der Waals surface area contributed by atoms with Gasteiger partial charge in [-0.25, -0.2) is 9.78 Å². The minimum Gasteiger partial charge on any atom is -0.508 e. The van der Waals surface area contributed by atoms with E-state index in [4.69, 9.17) is 4.42 Å². The standard InChI is InChI=1S/C16H13N3O3/c20-14-7-5-13(6-8-14)19-16(21)18-12-3-1-11(2-4-12)15-17-9-10-22-15/h1-10,20H,(H2,18,19,21). The summed E-state index contributed by atoms with van der Waals surface area (Å²) in [6.45, 7) is 0. The number of rotatable bonds is 3. The molecule has 0 bridgehead atoms. The fourth-order valence-electron chi connectivity index (χ4n) is 1.90. The van der Waals surface area contributed by atoms with Crippen molar-refractivity contribution < 1.29 is 14.3 Å². The number of phenols is 1. The van der Waals surface area contributed by atoms with Crippen molar-refractivity contribution in [2.24, 2.45) is 0 Å². The van der Waals surface area contributed by atoms with Crippen LogP contribution < -0.4 is 10.6 Å². The van der Waals surface area contributed by atoms with Crippen LogP contribution in [0, 0.1) is 0 Å². The fourth-order valence-corrected chi connectivity index (χ4v) is 1.90. The predicted octanol–water partition coefficient (Wildman–Crippen LogP) is 3.69. The second-order valence-corrected chi connectivity index (χ2v) is 4.54. The van der Waals surface area contributed by atoms with Crippen molar-refractivity contribution in [1.82, 2.24) is 4.98 Å². The van der Waals surface area contributed by atoms with E-state index >= 15 is 0 Å². The summed E-state index contributed by atoms with van der Waals surface area (Å²) in [7, 11) is 0. The topological polar surface area (TPSA) is 87.4 Å². The zero-order chi connectivity index (χ0) is 15.4. The van der Waals surface area contributed by atoms with Crippen LogP contribution in [0.25, 0.3) is 11.5 Å². The molecule has 6 nitrogen and oxygen atoms in total. The molecule has 0 saturated heterocycles. The maximum absolute atomic E-state index is 11.9. The van der Waals surface area contributed by atoms with E-state index in [1.807, 2.05) is 12.1 Å². The highest BCUT2D eigenvalue weighted by molar-refractivity contribution is 5.99. The van der Waals surface area contributed by atoms with E-state index in [2.05, 4.69) is 15.6 Å². The molecule has 2 aromatic carbocycles. The van der Waals surface area contributed by atoms with Gasteiger partial charge in [-0.1, -0.05) is 0 Å². The summed E-state index contributed by atoms with van der Waals surface area (Å²) in [5.41, 5.74) is 2.06. The molecule has 3 rings (SSSR count). The van der Waals surface area contributed by atoms with Crippen LogP contribution in [0.5, 0.6) is 5.75 Å². The van der Waals surface area contributed by atoms with Crippen molar-refractivity contribution in [3.05, 3.63) is 61.0 Å². The summed E-state index contributed by atoms with van der Waals surface area (Å²) < 4.78 is 5.20. The molecule has 3 N–H and O–H groups in total. The third-order valence-electron chi connectivity index (χ3n) is 2.95. The highest BCUT2D eigenvalue weighted by atomic mass is 16.3. The molecule has 0 aliphatic carbocycles. The number of amides is 2. The van der Waals surface area contributed by atoms with Gasteiger partial charge in [-0.15, -0.1) is 0 Å². The second-order valence-electron chi connectivity index (χ2n) is 4.54. The minimum atomic E-state index is -0.366. The first-order chi connectivity index (χ1) is 10.7. The Balaban J connectivity index is 1.63. The van der Waals surface area contributed by atoms with Gasteiger partial charge in [-0.05, 0) is 48.5 Å². The van der Waals surface area contributed by atoms with Crippen molar-refractivity contribution in [2.75, 3.05) is 10.6 Å². The summed E-state index contributed by atoms with van der Waals surface area (Å²) >= 11 is 0. The van der Waals surface area contributed by atoms with Crippen LogP contribution >= 0.6 is 0 Å². The molecule has 6 heteroatoms. The number of aromatic nitrogens is 1. The zero-order valence-corrected chi connectivity index (χ0v) is 11.5. The lowest BCUT2D eigenvalue weighted by Crippen LogP contribution is -2.19. The predicted molar refractivity (Wildman–Crippen MR) is 82.7 cm³/mol. The Bertz CT molecular complexity index is 750. The van der Waals surface area contributed by atoms with Crippen LogP contribution in [0.1, 0.15) is 0 Å². The number of hydrogen-bond donors (Lipinski definition) is 3. The van der Waals surface area contributed by atoms with E-state index in [1.54, 1.807) is 30.5 Å². The molecule has 2 amide bonds. The number of oxazole rings is 1. The van der Waals surface area contributed by atoms with Crippen LogP contribution in [0.4, 0.5) is 16.2 Å². The molecule has 0 spiro atoms. The second kappa shape index (κ2) is 6.01. The van der Waals surface area contributed by atoms with Crippen LogP contribution in [-0.2, 0) is 0 Å². The number of urea groups is 1. The summed E-state index contributed by atoms with van der Waals surface area (Å²) in [4.78, 5) is 15.9. The molecule has 110 valence electrons. The lowest BCUT2D eigenvalue weighted by molar-refractivity contribution is 0.262. The third kappa shape index (κ3) is 3.24. The molecular weight excluding hydrogens is 282 g/mol. The third-order valence-corrected chi connectivity index (χ3v) is 2.95. The molecule has 0 unspecified atom stereocenters. The maximum Gasteiger partial charge on any atom is 0.323 e. The quantitative estimate of drug-likeness (QED) is 0.643. The Morgan fingerprint density at radius 1 is 0.955 bits per heavy atom. The van der Waals surface area contributed by atoms with Gasteiger partial charge < -0.3 is 20.2 Å². The summed E-state index contributed by atoms with van der Waals surface area (Å²) in [6.07, 6.45) is 3.08. The Labute approximate surface area is 126 Å². The smallest absolute Gasteiger partial charge is 0.323 e. The Kier molecular flexibility index (Phi) is 3.74. The highest BCUT2D eigenvalue weighted by Gasteiger charge is 2.05. The van der Waals surface area contributed by atoms with E-state index < -0.39 is 0 Å². The van der Waals surface area contributed by atoms with Gasteiger partial charge in [-0.3, -0.25) is 0 Å². The first-order valence-electron chi connectivity index (χ1n) is 6.58. The number of nitrogens with zero attached hydrogens (tertiary/aromatic N) is 1. The molecule has 22 heavy (non-hydrogen) atoms. The number of anilines is 2. The van der Waals surface area contributed by atoms with Crippen molar-refractivity contribution in [3.8, 4) is 17.2 Å². The van der Waals surface area contributed by atoms with Crippen LogP contribution in [0.3, 0.4) is 0 Å². The van der Waals surface area contributed by atoms with Gasteiger partial charge in [0.15, 0.2) is 0 Å². The molecule has 1 heterocycles. The maximum atomic E-state index is 11.9. The van der Waals surface area contributed by atoms with Crippen molar-refractivity contribution in [1.29, 1.82) is 0 Å². The fraction of sp³-hybridized carbons (Fsp3) is 0. The van der Waals surface area contributed by atoms with E-state index in [-0.39, 0.29) is 11.8 Å². The van der Waals surface area contributed by atoms with Crippen LogP contribution in [-0.4, -0.2) is 16.1 Å². The van der Waals surface area contributed by atoms with Gasteiger partial charge >= 0.3 is 6.03 Å². The molecule has 0 aliphatic heterocycles. The Morgan fingerprint density at radius 2 is 1.55 bits per heavy atom. The molecule has 0 fully saturated rings. The molecule has 0 radical (unpaired) electrons. The van der Waals surface area contributed by atoms with E-state index in [1.165, 1.54) is 18.4 Å². The molecule has 0 atom stereocenters. The number of hydrogen-bond acceptors (Lipinski definition) is 4. The lowest BCUT2D eigenvalue weighted by atomic mass is 10.2. The molecule has 0 saturated carbocycles. The number of aromatic hydroxyl groups is 1. The van der Waals surface area contributed by atoms with Crippen molar-refractivity contribution in [2.45, 2.75) is 0 Å². The number of carbonyl (C=O) groups excluding carboxylic acids is 1. The Morgan fingerprint density at radius 3 is 2.09 bits per heavy atom. The van der Waals surface area contributed by atoms with Gasteiger partial charge in [-0.2, -0.15) is 0 Å². The SMILES string of the molecule is O=C(Nc1ccc(O)cc1)Nc1ccc(-c2ncco2)cc1. The van der Waals surface area contributed by atoms with Crippen LogP contribution in [0.2, 0.25) is 0 Å². The first kappa shape index (κ1) is 13.7. The Hall–Kier alpha value is -3.28. The largest absolute Gasteiger partial charge is 0.508 e. The molecule has 3 aromatic rings. The normalized spacial score (nSPS) is 10.2. The van der Waals surface area contributed by atoms with Crippen molar-refractivity contribution in [3.63, 3.8) is 0 Å². The van der Waals surface area contributed by atoms with Gasteiger partial charge in [0.1, 0.15) is 12.0 Å². The lowest BCUT2D eigenvalue weighted by Gasteiger charge is -2.08. The van der Waals surface area contributed by atoms with Gasteiger partial charge in [0, 0.05) is 16.9 Å². The number of carbonyl (C=O) groups is 1. The van der Waals surface area contributed by atoms with Gasteiger partial charge in [0.2, 0.25) is 5.89 Å². The van der Waals surface area contributed by atoms with E-state index in [0.717, 1.165) is 5.56 Å². The average molecular weight is 295 g/mol. The minimum absolute atomic E-state index is 0.146. The summed E-state index contributed by atoms with van der Waals surface area (Å²) in [5, 5.41) is 14.6. The number of phenolic OH excluding ortho intramolecular Hbond substituents is 1. The summed E-state index contributed by atoms with van der Waals surface area (Å²) in [5.74, 6) is 0.674. The summed E-state index contributed by atoms with van der Waals surface area (Å²) in [6, 6.07) is 13.0. The van der Waals surface area contributed by atoms with Gasteiger partial charge in [0.25, 0.3) is 0 Å². The van der Waals surface area contributed by atoms with E-state index in [0.29, 0.717) is 17.3 Å². The van der Waals surface area contributed by atoms with Gasteiger partial charge in [0.05, 0.1) is 6.20 Å². The number of benzene rings is 2. The molecular formula is C16H13N3O3. The van der Waals surface area contributed by atoms with Crippen molar-refractivity contribution >= 4 is 17.4 Å². The highest BCUT2D eigenvalue weighted by Crippen LogP contribution is 2.20. The monoisotopic (exact) mass is 295 g/mol. The van der Waals surface area contributed by atoms with Crippen LogP contribution in [0.15, 0.2) is 65.4 Å². The van der Waals surface area contributed by atoms with E-state index in [9.17, 15) is 9.90 Å². The average Bonchev–Trinajstić information content (AvgIpc) is 3.05. The molecule has 0 aliphatic rings. The molecule has 1 aromatic heterocycles. The first-order valence-corrected chi connectivity index (χ1v) is 6.58. The zero-order valence-electron chi connectivity index (χ0n) is 11.5.